The van der Waals surface area contributed by atoms with E-state index in [0.29, 0.717) is 19.1 Å². The van der Waals surface area contributed by atoms with Crippen LogP contribution in [0, 0.1) is 0 Å². The third kappa shape index (κ3) is 4.15. The molecule has 1 aromatic carbocycles. The Morgan fingerprint density at radius 3 is 2.38 bits per heavy atom. The molecular formula is C9H10ClIO2. The van der Waals surface area contributed by atoms with Gasteiger partial charge >= 0.3 is 0 Å². The van der Waals surface area contributed by atoms with Gasteiger partial charge in [-0.3, -0.25) is 0 Å². The molecule has 13 heavy (non-hydrogen) atoms. The number of hydrogen-bond donors (Lipinski definition) is 0. The molecule has 0 radical (unpaired) electrons. The summed E-state index contributed by atoms with van der Waals surface area (Å²) in [5.41, 5.74) is 1.10. The molecule has 0 atom stereocenters. The molecule has 0 aromatic heterocycles. The SMILES string of the molecule is ClCc1ccc(OCCOI)cc1. The van der Waals surface area contributed by atoms with Crippen LogP contribution in [0.3, 0.4) is 0 Å². The van der Waals surface area contributed by atoms with Gasteiger partial charge in [-0.2, -0.15) is 0 Å². The minimum Gasteiger partial charge on any atom is -0.491 e. The van der Waals surface area contributed by atoms with Crippen molar-refractivity contribution in [2.75, 3.05) is 13.2 Å². The first-order valence-corrected chi connectivity index (χ1v) is 5.29. The molecule has 0 bridgehead atoms. The number of benzene rings is 1. The van der Waals surface area contributed by atoms with E-state index in [1.54, 1.807) is 0 Å². The topological polar surface area (TPSA) is 18.5 Å². The van der Waals surface area contributed by atoms with Crippen LogP contribution >= 0.6 is 34.6 Å². The van der Waals surface area contributed by atoms with E-state index in [9.17, 15) is 0 Å². The Kier molecular flexibility index (Phi) is 5.50. The second kappa shape index (κ2) is 6.45. The zero-order chi connectivity index (χ0) is 9.52. The smallest absolute Gasteiger partial charge is 0.119 e. The van der Waals surface area contributed by atoms with E-state index >= 15 is 0 Å². The first kappa shape index (κ1) is 11.1. The maximum atomic E-state index is 5.64. The van der Waals surface area contributed by atoms with Crippen LogP contribution in [0.15, 0.2) is 24.3 Å². The monoisotopic (exact) mass is 312 g/mol. The quantitative estimate of drug-likeness (QED) is 0.472. The molecule has 72 valence electrons. The fourth-order valence-corrected chi connectivity index (χ4v) is 1.22. The summed E-state index contributed by atoms with van der Waals surface area (Å²) in [5, 5.41) is 0. The molecule has 0 aliphatic rings. The first-order chi connectivity index (χ1) is 6.36. The van der Waals surface area contributed by atoms with Gasteiger partial charge in [-0.25, -0.2) is 0 Å². The van der Waals surface area contributed by atoms with E-state index in [1.807, 2.05) is 47.3 Å². The lowest BCUT2D eigenvalue weighted by atomic mass is 10.2. The van der Waals surface area contributed by atoms with Crippen molar-refractivity contribution >= 4 is 34.6 Å². The lowest BCUT2D eigenvalue weighted by Gasteiger charge is -2.04. The number of halogens is 2. The molecule has 0 unspecified atom stereocenters. The summed E-state index contributed by atoms with van der Waals surface area (Å²) < 4.78 is 10.2. The van der Waals surface area contributed by atoms with E-state index in [0.717, 1.165) is 11.3 Å². The molecule has 4 heteroatoms. The van der Waals surface area contributed by atoms with E-state index in [1.165, 1.54) is 0 Å². The normalized spacial score (nSPS) is 10.0. The highest BCUT2D eigenvalue weighted by Crippen LogP contribution is 2.13. The van der Waals surface area contributed by atoms with Gasteiger partial charge in [-0.1, -0.05) is 12.1 Å². The predicted octanol–water partition coefficient (Wildman–Crippen LogP) is 3.17. The Labute approximate surface area is 96.9 Å². The van der Waals surface area contributed by atoms with Crippen LogP contribution in [-0.2, 0) is 8.95 Å². The molecule has 0 aliphatic carbocycles. The molecule has 1 aromatic rings. The van der Waals surface area contributed by atoms with Crippen molar-refractivity contribution in [1.29, 1.82) is 0 Å². The van der Waals surface area contributed by atoms with Crippen molar-refractivity contribution in [3.05, 3.63) is 29.8 Å². The van der Waals surface area contributed by atoms with Crippen molar-refractivity contribution in [3.63, 3.8) is 0 Å². The van der Waals surface area contributed by atoms with Gasteiger partial charge < -0.3 is 7.80 Å². The van der Waals surface area contributed by atoms with E-state index < -0.39 is 0 Å². The number of alkyl halides is 1. The zero-order valence-corrected chi connectivity index (χ0v) is 9.92. The van der Waals surface area contributed by atoms with Gasteiger partial charge in [-0.15, -0.1) is 11.6 Å². The molecule has 2 nitrogen and oxygen atoms in total. The Morgan fingerprint density at radius 2 is 1.85 bits per heavy atom. The van der Waals surface area contributed by atoms with Crippen LogP contribution in [0.4, 0.5) is 0 Å². The van der Waals surface area contributed by atoms with E-state index in [2.05, 4.69) is 0 Å². The summed E-state index contributed by atoms with van der Waals surface area (Å²) in [6.45, 7) is 1.17. The lowest BCUT2D eigenvalue weighted by Crippen LogP contribution is -2.02. The van der Waals surface area contributed by atoms with Crippen LogP contribution in [0.25, 0.3) is 0 Å². The van der Waals surface area contributed by atoms with Gasteiger partial charge in [0.1, 0.15) is 35.4 Å². The van der Waals surface area contributed by atoms with Gasteiger partial charge in [0.2, 0.25) is 0 Å². The van der Waals surface area contributed by atoms with Crippen LogP contribution in [0.5, 0.6) is 5.75 Å². The summed E-state index contributed by atoms with van der Waals surface area (Å²) in [5.74, 6) is 1.39. The Bertz CT molecular complexity index is 238. The number of hydrogen-bond acceptors (Lipinski definition) is 2. The van der Waals surface area contributed by atoms with Crippen LogP contribution in [-0.4, -0.2) is 13.2 Å². The van der Waals surface area contributed by atoms with Crippen LogP contribution in [0.2, 0.25) is 0 Å². The minimum absolute atomic E-state index is 0.539. The maximum Gasteiger partial charge on any atom is 0.119 e. The van der Waals surface area contributed by atoms with Crippen molar-refractivity contribution in [2.24, 2.45) is 0 Å². The van der Waals surface area contributed by atoms with Crippen molar-refractivity contribution < 1.29 is 7.80 Å². The Hall–Kier alpha value is -0.0000000000000000555. The number of ether oxygens (including phenoxy) is 1. The summed E-state index contributed by atoms with van der Waals surface area (Å²) in [7, 11) is 0. The van der Waals surface area contributed by atoms with Gasteiger partial charge in [-0.05, 0) is 17.7 Å². The molecule has 0 saturated carbocycles. The molecule has 0 saturated heterocycles. The van der Waals surface area contributed by atoms with E-state index in [-0.39, 0.29) is 0 Å². The summed E-state index contributed by atoms with van der Waals surface area (Å²) >= 11 is 7.49. The zero-order valence-electron chi connectivity index (χ0n) is 7.00. The second-order valence-corrected chi connectivity index (χ2v) is 3.33. The van der Waals surface area contributed by atoms with Crippen molar-refractivity contribution in [1.82, 2.24) is 0 Å². The largest absolute Gasteiger partial charge is 0.491 e. The van der Waals surface area contributed by atoms with Crippen LogP contribution < -0.4 is 4.74 Å². The molecule has 0 amide bonds. The van der Waals surface area contributed by atoms with Crippen molar-refractivity contribution in [2.45, 2.75) is 5.88 Å². The van der Waals surface area contributed by atoms with E-state index in [4.69, 9.17) is 19.4 Å². The predicted molar refractivity (Wildman–Crippen MR) is 61.5 cm³/mol. The lowest BCUT2D eigenvalue weighted by molar-refractivity contribution is 0.256. The van der Waals surface area contributed by atoms with Gasteiger partial charge in [0, 0.05) is 5.88 Å². The molecular weight excluding hydrogens is 302 g/mol. The molecule has 0 aliphatic heterocycles. The summed E-state index contributed by atoms with van der Waals surface area (Å²) in [4.78, 5) is 0. The second-order valence-electron chi connectivity index (χ2n) is 2.44. The highest BCUT2D eigenvalue weighted by molar-refractivity contribution is 14.1. The fraction of sp³-hybridized carbons (Fsp3) is 0.333. The van der Waals surface area contributed by atoms with Crippen molar-refractivity contribution in [3.8, 4) is 5.75 Å². The third-order valence-corrected chi connectivity index (χ3v) is 2.26. The summed E-state index contributed by atoms with van der Waals surface area (Å²) in [6.07, 6.45) is 0. The standard InChI is InChI=1S/C9H10ClIO2/c10-7-8-1-3-9(4-2-8)12-5-6-13-11/h1-4H,5-7H2. The van der Waals surface area contributed by atoms with Gasteiger partial charge in [0.15, 0.2) is 0 Å². The molecule has 0 N–H and O–H groups in total. The average molecular weight is 313 g/mol. The average Bonchev–Trinajstić information content (AvgIpc) is 2.19. The minimum atomic E-state index is 0.539. The maximum absolute atomic E-state index is 5.64. The highest BCUT2D eigenvalue weighted by Gasteiger charge is 1.93. The highest BCUT2D eigenvalue weighted by atomic mass is 127. The number of rotatable bonds is 5. The first-order valence-electron chi connectivity index (χ1n) is 3.88. The molecule has 0 spiro atoms. The molecule has 0 fully saturated rings. The fourth-order valence-electron chi connectivity index (χ4n) is 0.866. The molecule has 0 heterocycles. The van der Waals surface area contributed by atoms with Gasteiger partial charge in [0.25, 0.3) is 0 Å². The van der Waals surface area contributed by atoms with Gasteiger partial charge in [0.05, 0.1) is 6.61 Å². The Balaban J connectivity index is 2.40. The summed E-state index contributed by atoms with van der Waals surface area (Å²) in [6, 6.07) is 7.72. The Morgan fingerprint density at radius 1 is 1.15 bits per heavy atom. The molecule has 1 rings (SSSR count). The third-order valence-electron chi connectivity index (χ3n) is 1.51. The van der Waals surface area contributed by atoms with Crippen LogP contribution in [0.1, 0.15) is 5.56 Å².